The molecule has 0 unspecified atom stereocenters. The van der Waals surface area contributed by atoms with Crippen LogP contribution in [0.2, 0.25) is 5.15 Å². The molecule has 2 aromatic heterocycles. The minimum Gasteiger partial charge on any atom is -0.423 e. The first-order chi connectivity index (χ1) is 11.6. The van der Waals surface area contributed by atoms with Gasteiger partial charge in [0.1, 0.15) is 17.0 Å². The lowest BCUT2D eigenvalue weighted by Gasteiger charge is -2.35. The average Bonchev–Trinajstić information content (AvgIpc) is 2.99. The minimum absolute atomic E-state index is 0.133. The molecule has 0 spiro atoms. The summed E-state index contributed by atoms with van der Waals surface area (Å²) in [4.78, 5) is 10.3. The molecule has 1 atom stereocenters. The molecule has 3 heterocycles. The molecule has 4 rings (SSSR count). The first-order valence-electron chi connectivity index (χ1n) is 7.53. The van der Waals surface area contributed by atoms with Crippen molar-refractivity contribution >= 4 is 23.4 Å². The highest BCUT2D eigenvalue weighted by Gasteiger charge is 2.32. The predicted octanol–water partition coefficient (Wildman–Crippen LogP) is 2.71. The molecule has 0 bridgehead atoms. The van der Waals surface area contributed by atoms with E-state index in [1.54, 1.807) is 13.0 Å². The molecular weight excluding hydrogens is 328 g/mol. The van der Waals surface area contributed by atoms with Gasteiger partial charge in [0.15, 0.2) is 0 Å². The van der Waals surface area contributed by atoms with Crippen molar-refractivity contribution in [2.75, 3.05) is 10.6 Å². The summed E-state index contributed by atoms with van der Waals surface area (Å²) in [5.41, 5.74) is 8.24. The molecule has 0 saturated heterocycles. The Morgan fingerprint density at radius 3 is 2.71 bits per heavy atom. The molecule has 8 heteroatoms. The van der Waals surface area contributed by atoms with E-state index in [-0.39, 0.29) is 12.0 Å². The summed E-state index contributed by atoms with van der Waals surface area (Å²) >= 11 is 6.06. The molecule has 3 aromatic rings. The molecule has 1 aliphatic rings. The maximum Gasteiger partial charge on any atom is 0.239 e. The largest absolute Gasteiger partial charge is 0.423 e. The van der Waals surface area contributed by atoms with Gasteiger partial charge in [-0.2, -0.15) is 4.98 Å². The van der Waals surface area contributed by atoms with Crippen LogP contribution in [0.25, 0.3) is 0 Å². The molecule has 24 heavy (non-hydrogen) atoms. The third-order valence-corrected chi connectivity index (χ3v) is 4.26. The minimum atomic E-state index is -0.133. The van der Waals surface area contributed by atoms with Crippen molar-refractivity contribution in [2.24, 2.45) is 0 Å². The second kappa shape index (κ2) is 5.76. The van der Waals surface area contributed by atoms with Gasteiger partial charge in [-0.15, -0.1) is 10.2 Å². The number of rotatable bonds is 2. The second-order valence-corrected chi connectivity index (χ2v) is 6.07. The van der Waals surface area contributed by atoms with Crippen LogP contribution in [-0.2, 0) is 13.0 Å². The summed E-state index contributed by atoms with van der Waals surface area (Å²) in [5.74, 6) is 1.86. The van der Waals surface area contributed by atoms with E-state index in [0.717, 1.165) is 6.42 Å². The standard InChI is InChI=1S/C16H15ClN6O/c1-9-21-22-15(24-9)12-6-10-4-2-3-5-11(10)8-23(12)14-7-13(17)19-16(18)20-14/h2-5,7,12H,6,8H2,1H3,(H2,18,19,20)/t12-/m1/s1. The number of nitrogens with two attached hydrogens (primary N) is 1. The monoisotopic (exact) mass is 342 g/mol. The fourth-order valence-electron chi connectivity index (χ4n) is 3.00. The van der Waals surface area contributed by atoms with Gasteiger partial charge < -0.3 is 15.1 Å². The Labute approximate surface area is 143 Å². The quantitative estimate of drug-likeness (QED) is 0.715. The number of benzene rings is 1. The Hall–Kier alpha value is -2.67. The normalized spacial score (nSPS) is 16.9. The molecule has 7 nitrogen and oxygen atoms in total. The van der Waals surface area contributed by atoms with Crippen LogP contribution in [0.15, 0.2) is 34.7 Å². The number of aromatic nitrogens is 4. The topological polar surface area (TPSA) is 94.0 Å². The Morgan fingerprint density at radius 1 is 1.21 bits per heavy atom. The SMILES string of the molecule is Cc1nnc([C@H]2Cc3ccccc3CN2c2cc(Cl)nc(N)n2)o1. The van der Waals surface area contributed by atoms with Gasteiger partial charge in [-0.05, 0) is 11.1 Å². The van der Waals surface area contributed by atoms with Crippen molar-refractivity contribution in [3.05, 3.63) is 58.4 Å². The molecule has 2 N–H and O–H groups in total. The van der Waals surface area contributed by atoms with E-state index >= 15 is 0 Å². The first kappa shape index (κ1) is 14.9. The summed E-state index contributed by atoms with van der Waals surface area (Å²) in [6.45, 7) is 2.42. The van der Waals surface area contributed by atoms with E-state index in [2.05, 4.69) is 37.2 Å². The van der Waals surface area contributed by atoms with Crippen LogP contribution in [0.4, 0.5) is 11.8 Å². The van der Waals surface area contributed by atoms with E-state index in [9.17, 15) is 0 Å². The van der Waals surface area contributed by atoms with Gasteiger partial charge in [-0.3, -0.25) is 0 Å². The van der Waals surface area contributed by atoms with Crippen molar-refractivity contribution in [2.45, 2.75) is 25.9 Å². The Balaban J connectivity index is 1.81. The maximum atomic E-state index is 6.06. The summed E-state index contributed by atoms with van der Waals surface area (Å²) in [6.07, 6.45) is 0.735. The molecule has 122 valence electrons. The van der Waals surface area contributed by atoms with E-state index in [0.29, 0.717) is 29.3 Å². The smallest absolute Gasteiger partial charge is 0.239 e. The molecular formula is C16H15ClN6O. The van der Waals surface area contributed by atoms with Gasteiger partial charge in [0.05, 0.1) is 0 Å². The zero-order valence-corrected chi connectivity index (χ0v) is 13.7. The zero-order valence-electron chi connectivity index (χ0n) is 13.0. The summed E-state index contributed by atoms with van der Waals surface area (Å²) in [7, 11) is 0. The van der Waals surface area contributed by atoms with Crippen molar-refractivity contribution in [3.8, 4) is 0 Å². The van der Waals surface area contributed by atoms with Gasteiger partial charge in [-0.25, -0.2) is 4.98 Å². The summed E-state index contributed by atoms with van der Waals surface area (Å²) < 4.78 is 5.68. The lowest BCUT2D eigenvalue weighted by atomic mass is 9.94. The van der Waals surface area contributed by atoms with Crippen LogP contribution in [0.1, 0.15) is 29.0 Å². The van der Waals surface area contributed by atoms with Crippen molar-refractivity contribution < 1.29 is 4.42 Å². The van der Waals surface area contributed by atoms with Gasteiger partial charge in [0.25, 0.3) is 0 Å². The van der Waals surface area contributed by atoms with Crippen molar-refractivity contribution in [1.82, 2.24) is 20.2 Å². The number of anilines is 2. The Kier molecular flexibility index (Phi) is 3.57. The Morgan fingerprint density at radius 2 is 2.00 bits per heavy atom. The van der Waals surface area contributed by atoms with E-state index < -0.39 is 0 Å². The van der Waals surface area contributed by atoms with Crippen LogP contribution >= 0.6 is 11.6 Å². The van der Waals surface area contributed by atoms with E-state index in [4.69, 9.17) is 21.8 Å². The van der Waals surface area contributed by atoms with Crippen LogP contribution in [0.5, 0.6) is 0 Å². The fraction of sp³-hybridized carbons (Fsp3) is 0.250. The van der Waals surface area contributed by atoms with Crippen LogP contribution < -0.4 is 10.6 Å². The number of nitrogens with zero attached hydrogens (tertiary/aromatic N) is 5. The van der Waals surface area contributed by atoms with Crippen LogP contribution in [-0.4, -0.2) is 20.2 Å². The van der Waals surface area contributed by atoms with Crippen molar-refractivity contribution in [3.63, 3.8) is 0 Å². The highest BCUT2D eigenvalue weighted by Crippen LogP contribution is 2.36. The van der Waals surface area contributed by atoms with Gasteiger partial charge >= 0.3 is 0 Å². The molecule has 0 aliphatic carbocycles. The third-order valence-electron chi connectivity index (χ3n) is 4.07. The average molecular weight is 343 g/mol. The second-order valence-electron chi connectivity index (χ2n) is 5.68. The highest BCUT2D eigenvalue weighted by molar-refractivity contribution is 6.29. The number of nitrogen functional groups attached to an aromatic ring is 1. The lowest BCUT2D eigenvalue weighted by Crippen LogP contribution is -2.35. The van der Waals surface area contributed by atoms with Gasteiger partial charge in [0, 0.05) is 26.0 Å². The van der Waals surface area contributed by atoms with E-state index in [1.807, 2.05) is 12.1 Å². The fourth-order valence-corrected chi connectivity index (χ4v) is 3.19. The molecule has 0 radical (unpaired) electrons. The third kappa shape index (κ3) is 2.67. The molecule has 1 aromatic carbocycles. The van der Waals surface area contributed by atoms with Crippen LogP contribution in [0.3, 0.4) is 0 Å². The Bertz CT molecular complexity index is 876. The van der Waals surface area contributed by atoms with Crippen molar-refractivity contribution in [1.29, 1.82) is 0 Å². The first-order valence-corrected chi connectivity index (χ1v) is 7.91. The molecule has 0 saturated carbocycles. The maximum absolute atomic E-state index is 6.06. The molecule has 0 amide bonds. The lowest BCUT2D eigenvalue weighted by molar-refractivity contribution is 0.403. The number of halogens is 1. The predicted molar refractivity (Wildman–Crippen MR) is 89.6 cm³/mol. The van der Waals surface area contributed by atoms with E-state index in [1.165, 1.54) is 11.1 Å². The summed E-state index contributed by atoms with van der Waals surface area (Å²) in [5, 5.41) is 8.45. The number of hydrogen-bond acceptors (Lipinski definition) is 7. The number of hydrogen-bond donors (Lipinski definition) is 1. The van der Waals surface area contributed by atoms with Crippen LogP contribution in [0, 0.1) is 6.92 Å². The van der Waals surface area contributed by atoms with Gasteiger partial charge in [-0.1, -0.05) is 35.9 Å². The highest BCUT2D eigenvalue weighted by atomic mass is 35.5. The number of aryl methyl sites for hydroxylation is 1. The molecule has 0 fully saturated rings. The number of fused-ring (bicyclic) bond motifs is 1. The van der Waals surface area contributed by atoms with Gasteiger partial charge in [0.2, 0.25) is 17.7 Å². The summed E-state index contributed by atoms with van der Waals surface area (Å²) in [6, 6.07) is 9.84. The molecule has 1 aliphatic heterocycles. The zero-order chi connectivity index (χ0) is 16.7.